The van der Waals surface area contributed by atoms with Crippen molar-refractivity contribution in [3.8, 4) is 0 Å². The predicted molar refractivity (Wildman–Crippen MR) is 75.7 cm³/mol. The summed E-state index contributed by atoms with van der Waals surface area (Å²) in [7, 11) is 0. The lowest BCUT2D eigenvalue weighted by atomic mass is 9.62. The SMILES string of the molecule is c1ccc2c(c1)CCC2C1CCC2CCCC1C2. The Labute approximate surface area is 111 Å². The molecule has 0 spiro atoms. The molecule has 0 amide bonds. The van der Waals surface area contributed by atoms with Gasteiger partial charge in [0.1, 0.15) is 0 Å². The van der Waals surface area contributed by atoms with Crippen LogP contribution in [-0.2, 0) is 6.42 Å². The summed E-state index contributed by atoms with van der Waals surface area (Å²) in [6.07, 6.45) is 12.0. The minimum Gasteiger partial charge on any atom is -0.0620 e. The average Bonchev–Trinajstić information content (AvgIpc) is 2.83. The van der Waals surface area contributed by atoms with E-state index < -0.39 is 0 Å². The summed E-state index contributed by atoms with van der Waals surface area (Å²) in [5.41, 5.74) is 3.37. The van der Waals surface area contributed by atoms with Crippen molar-refractivity contribution < 1.29 is 0 Å². The van der Waals surface area contributed by atoms with Crippen molar-refractivity contribution in [3.05, 3.63) is 35.4 Å². The van der Waals surface area contributed by atoms with Gasteiger partial charge in [0.05, 0.1) is 0 Å². The van der Waals surface area contributed by atoms with Gasteiger partial charge in [-0.05, 0) is 60.5 Å². The molecule has 2 saturated carbocycles. The largest absolute Gasteiger partial charge is 0.0620 e. The van der Waals surface area contributed by atoms with Crippen LogP contribution in [0.2, 0.25) is 0 Å². The smallest absolute Gasteiger partial charge is 0.0125 e. The topological polar surface area (TPSA) is 0 Å². The maximum Gasteiger partial charge on any atom is -0.0125 e. The molecule has 0 aliphatic heterocycles. The Hall–Kier alpha value is -0.780. The fourth-order valence-electron chi connectivity index (χ4n) is 5.21. The number of benzene rings is 1. The first-order chi connectivity index (χ1) is 8.92. The molecule has 4 unspecified atom stereocenters. The second-order valence-corrected chi connectivity index (χ2v) is 6.88. The summed E-state index contributed by atoms with van der Waals surface area (Å²) < 4.78 is 0. The van der Waals surface area contributed by atoms with Crippen molar-refractivity contribution in [2.45, 2.75) is 57.3 Å². The van der Waals surface area contributed by atoms with E-state index in [0.717, 1.165) is 23.7 Å². The Morgan fingerprint density at radius 2 is 1.83 bits per heavy atom. The molecule has 3 aliphatic rings. The molecule has 4 rings (SSSR count). The average molecular weight is 240 g/mol. The standard InChI is InChI=1S/C18H24/c1-2-7-16-14(5-1)9-11-18(16)17-10-8-13-4-3-6-15(17)12-13/h1-2,5,7,13,15,17-18H,3-4,6,8-12H2. The second kappa shape index (κ2) is 4.40. The van der Waals surface area contributed by atoms with Gasteiger partial charge in [-0.15, -0.1) is 0 Å². The Morgan fingerprint density at radius 3 is 2.83 bits per heavy atom. The van der Waals surface area contributed by atoms with Crippen LogP contribution in [0.1, 0.15) is 62.0 Å². The maximum absolute atomic E-state index is 2.42. The Bertz CT molecular complexity index is 433. The Balaban J connectivity index is 1.61. The van der Waals surface area contributed by atoms with Gasteiger partial charge in [-0.1, -0.05) is 49.9 Å². The third-order valence-electron chi connectivity index (χ3n) is 6.03. The minimum atomic E-state index is 0.908. The van der Waals surface area contributed by atoms with E-state index in [4.69, 9.17) is 0 Å². The first-order valence-corrected chi connectivity index (χ1v) is 7.99. The molecule has 4 atom stereocenters. The maximum atomic E-state index is 2.42. The molecule has 0 radical (unpaired) electrons. The van der Waals surface area contributed by atoms with Gasteiger partial charge in [-0.3, -0.25) is 0 Å². The van der Waals surface area contributed by atoms with Crippen LogP contribution in [0, 0.1) is 17.8 Å². The van der Waals surface area contributed by atoms with Crippen LogP contribution in [0.3, 0.4) is 0 Å². The molecular formula is C18H24. The van der Waals surface area contributed by atoms with E-state index in [2.05, 4.69) is 24.3 Å². The third-order valence-corrected chi connectivity index (χ3v) is 6.03. The lowest BCUT2D eigenvalue weighted by molar-refractivity contribution is 0.103. The summed E-state index contributed by atoms with van der Waals surface area (Å²) in [6, 6.07) is 9.26. The first kappa shape index (κ1) is 11.1. The van der Waals surface area contributed by atoms with Gasteiger partial charge >= 0.3 is 0 Å². The van der Waals surface area contributed by atoms with Crippen molar-refractivity contribution in [3.63, 3.8) is 0 Å². The number of aryl methyl sites for hydroxylation is 1. The summed E-state index contributed by atoms with van der Waals surface area (Å²) in [5.74, 6) is 4.08. The Kier molecular flexibility index (Phi) is 2.71. The molecule has 0 heterocycles. The quantitative estimate of drug-likeness (QED) is 0.652. The summed E-state index contributed by atoms with van der Waals surface area (Å²) in [4.78, 5) is 0. The normalized spacial score (nSPS) is 38.4. The molecule has 3 aliphatic carbocycles. The van der Waals surface area contributed by atoms with E-state index in [9.17, 15) is 0 Å². The van der Waals surface area contributed by atoms with E-state index in [1.807, 2.05) is 0 Å². The molecule has 1 aromatic carbocycles. The van der Waals surface area contributed by atoms with Crippen LogP contribution in [0.4, 0.5) is 0 Å². The number of hydrogen-bond donors (Lipinski definition) is 0. The van der Waals surface area contributed by atoms with Gasteiger partial charge in [0.25, 0.3) is 0 Å². The van der Waals surface area contributed by atoms with Crippen molar-refractivity contribution in [1.82, 2.24) is 0 Å². The lowest BCUT2D eigenvalue weighted by Crippen LogP contribution is -2.31. The third kappa shape index (κ3) is 1.73. The summed E-state index contributed by atoms with van der Waals surface area (Å²) in [6.45, 7) is 0. The van der Waals surface area contributed by atoms with E-state index >= 15 is 0 Å². The van der Waals surface area contributed by atoms with Crippen LogP contribution in [0.5, 0.6) is 0 Å². The molecule has 18 heavy (non-hydrogen) atoms. The van der Waals surface area contributed by atoms with Crippen molar-refractivity contribution in [2.24, 2.45) is 17.8 Å². The van der Waals surface area contributed by atoms with Gasteiger partial charge in [0.2, 0.25) is 0 Å². The zero-order chi connectivity index (χ0) is 11.9. The van der Waals surface area contributed by atoms with E-state index in [1.54, 1.807) is 17.5 Å². The molecule has 1 aromatic rings. The van der Waals surface area contributed by atoms with Crippen molar-refractivity contribution in [2.75, 3.05) is 0 Å². The zero-order valence-corrected chi connectivity index (χ0v) is 11.3. The predicted octanol–water partition coefficient (Wildman–Crippen LogP) is 4.93. The highest BCUT2D eigenvalue weighted by Gasteiger charge is 2.39. The molecule has 0 heteroatoms. The van der Waals surface area contributed by atoms with Crippen LogP contribution < -0.4 is 0 Å². The van der Waals surface area contributed by atoms with Gasteiger partial charge in [0.15, 0.2) is 0 Å². The molecule has 96 valence electrons. The fourth-order valence-corrected chi connectivity index (χ4v) is 5.21. The monoisotopic (exact) mass is 240 g/mol. The van der Waals surface area contributed by atoms with Crippen LogP contribution in [-0.4, -0.2) is 0 Å². The van der Waals surface area contributed by atoms with Gasteiger partial charge in [0, 0.05) is 0 Å². The van der Waals surface area contributed by atoms with Crippen molar-refractivity contribution in [1.29, 1.82) is 0 Å². The minimum absolute atomic E-state index is 0.908. The molecule has 0 aromatic heterocycles. The highest BCUT2D eigenvalue weighted by Crippen LogP contribution is 2.51. The Morgan fingerprint density at radius 1 is 0.889 bits per heavy atom. The van der Waals surface area contributed by atoms with Gasteiger partial charge in [-0.25, -0.2) is 0 Å². The number of fused-ring (bicyclic) bond motifs is 3. The highest BCUT2D eigenvalue weighted by molar-refractivity contribution is 5.35. The highest BCUT2D eigenvalue weighted by atomic mass is 14.4. The number of rotatable bonds is 1. The van der Waals surface area contributed by atoms with Crippen molar-refractivity contribution >= 4 is 0 Å². The first-order valence-electron chi connectivity index (χ1n) is 7.99. The molecule has 2 bridgehead atoms. The molecule has 0 nitrogen and oxygen atoms in total. The summed E-state index contributed by atoms with van der Waals surface area (Å²) >= 11 is 0. The molecular weight excluding hydrogens is 216 g/mol. The molecule has 0 saturated heterocycles. The van der Waals surface area contributed by atoms with Gasteiger partial charge in [-0.2, -0.15) is 0 Å². The number of hydrogen-bond acceptors (Lipinski definition) is 0. The summed E-state index contributed by atoms with van der Waals surface area (Å²) in [5, 5.41) is 0. The van der Waals surface area contributed by atoms with Crippen LogP contribution in [0.15, 0.2) is 24.3 Å². The molecule has 0 N–H and O–H groups in total. The van der Waals surface area contributed by atoms with E-state index in [1.165, 1.54) is 44.9 Å². The molecule has 2 fully saturated rings. The second-order valence-electron chi connectivity index (χ2n) is 6.88. The van der Waals surface area contributed by atoms with E-state index in [-0.39, 0.29) is 0 Å². The van der Waals surface area contributed by atoms with Gasteiger partial charge < -0.3 is 0 Å². The fraction of sp³-hybridized carbons (Fsp3) is 0.667. The van der Waals surface area contributed by atoms with Crippen LogP contribution >= 0.6 is 0 Å². The van der Waals surface area contributed by atoms with E-state index in [0.29, 0.717) is 0 Å². The van der Waals surface area contributed by atoms with Crippen LogP contribution in [0.25, 0.3) is 0 Å². The zero-order valence-electron chi connectivity index (χ0n) is 11.3. The lowest BCUT2D eigenvalue weighted by Gasteiger charge is -2.43.